The lowest BCUT2D eigenvalue weighted by Gasteiger charge is -2.08. The Morgan fingerprint density at radius 2 is 1.50 bits per heavy atom. The third-order valence-electron chi connectivity index (χ3n) is 2.89. The highest BCUT2D eigenvalue weighted by atomic mass is 15.3. The second-order valence-corrected chi connectivity index (χ2v) is 4.31. The van der Waals surface area contributed by atoms with Gasteiger partial charge in [0.1, 0.15) is 18.5 Å². The average Bonchev–Trinajstić information content (AvgIpc) is 3.21. The van der Waals surface area contributed by atoms with Gasteiger partial charge in [0.25, 0.3) is 0 Å². The predicted octanol–water partition coefficient (Wildman–Crippen LogP) is 1.35. The smallest absolute Gasteiger partial charge is 0.248 e. The maximum Gasteiger partial charge on any atom is 0.248 e. The van der Waals surface area contributed by atoms with Gasteiger partial charge in [-0.2, -0.15) is 4.98 Å². The maximum atomic E-state index is 4.44. The first kappa shape index (κ1) is 12.2. The van der Waals surface area contributed by atoms with Crippen molar-refractivity contribution in [1.82, 2.24) is 40.3 Å². The van der Waals surface area contributed by atoms with Crippen molar-refractivity contribution in [3.05, 3.63) is 36.9 Å². The number of para-hydroxylation sites is 1. The highest BCUT2D eigenvalue weighted by molar-refractivity contribution is 5.91. The molecule has 0 bridgehead atoms. The van der Waals surface area contributed by atoms with E-state index in [4.69, 9.17) is 0 Å². The van der Waals surface area contributed by atoms with Gasteiger partial charge in [0.15, 0.2) is 0 Å². The Balaban J connectivity index is 1.78. The molecule has 0 amide bonds. The fourth-order valence-corrected chi connectivity index (χ4v) is 1.97. The number of fused-ring (bicyclic) bond motifs is 1. The molecule has 0 aliphatic carbocycles. The lowest BCUT2D eigenvalue weighted by molar-refractivity contribution is 1.08. The summed E-state index contributed by atoms with van der Waals surface area (Å²) in [7, 11) is 0. The van der Waals surface area contributed by atoms with Crippen LogP contribution in [0.5, 0.6) is 0 Å². The van der Waals surface area contributed by atoms with Crippen molar-refractivity contribution >= 4 is 34.6 Å². The van der Waals surface area contributed by atoms with Gasteiger partial charge in [-0.05, 0) is 12.1 Å². The minimum Gasteiger partial charge on any atom is -0.307 e. The van der Waals surface area contributed by atoms with Gasteiger partial charge in [-0.15, -0.1) is 10.2 Å². The molecule has 1 aromatic carbocycles. The van der Waals surface area contributed by atoms with Gasteiger partial charge in [-0.25, -0.2) is 15.0 Å². The van der Waals surface area contributed by atoms with Crippen LogP contribution in [0, 0.1) is 0 Å². The Morgan fingerprint density at radius 1 is 0.773 bits per heavy atom. The highest BCUT2D eigenvalue weighted by Gasteiger charge is 2.10. The summed E-state index contributed by atoms with van der Waals surface area (Å²) in [6.45, 7) is 0. The molecule has 10 nitrogen and oxygen atoms in total. The summed E-state index contributed by atoms with van der Waals surface area (Å²) in [6.07, 6.45) is 2.95. The van der Waals surface area contributed by atoms with E-state index in [2.05, 4.69) is 51.0 Å². The summed E-state index contributed by atoms with van der Waals surface area (Å²) >= 11 is 0. The molecule has 0 aliphatic rings. The molecule has 3 aromatic heterocycles. The molecule has 0 aliphatic heterocycles. The normalized spacial score (nSPS) is 10.7. The van der Waals surface area contributed by atoms with Gasteiger partial charge >= 0.3 is 0 Å². The molecule has 0 saturated carbocycles. The van der Waals surface area contributed by atoms with Gasteiger partial charge in [-0.1, -0.05) is 12.1 Å². The van der Waals surface area contributed by atoms with E-state index in [-0.39, 0.29) is 0 Å². The van der Waals surface area contributed by atoms with E-state index >= 15 is 0 Å². The van der Waals surface area contributed by atoms with Crippen molar-refractivity contribution in [2.24, 2.45) is 0 Å². The molecule has 0 saturated heterocycles. The number of aromatic nitrogens is 8. The van der Waals surface area contributed by atoms with Crippen LogP contribution in [0.25, 0.3) is 10.9 Å². The van der Waals surface area contributed by atoms with Crippen molar-refractivity contribution in [2.45, 2.75) is 0 Å². The van der Waals surface area contributed by atoms with E-state index in [1.807, 2.05) is 24.3 Å². The third-order valence-corrected chi connectivity index (χ3v) is 2.89. The molecular weight excluding hydrogens is 284 g/mol. The number of nitrogens with zero attached hydrogens (tertiary/aromatic N) is 6. The first-order chi connectivity index (χ1) is 10.9. The molecule has 4 N–H and O–H groups in total. The molecular formula is C12H10N10. The Hall–Kier alpha value is -3.56. The van der Waals surface area contributed by atoms with E-state index in [9.17, 15) is 0 Å². The number of hydrogen-bond acceptors (Lipinski definition) is 8. The van der Waals surface area contributed by atoms with Crippen LogP contribution in [0.4, 0.5) is 23.7 Å². The summed E-state index contributed by atoms with van der Waals surface area (Å²) < 4.78 is 0. The zero-order valence-electron chi connectivity index (χ0n) is 11.1. The number of aromatic amines is 2. The maximum absolute atomic E-state index is 4.44. The Kier molecular flexibility index (Phi) is 2.82. The quantitative estimate of drug-likeness (QED) is 0.443. The first-order valence-electron chi connectivity index (χ1n) is 6.41. The lowest BCUT2D eigenvalue weighted by Crippen LogP contribution is -2.03. The molecule has 4 rings (SSSR count). The van der Waals surface area contributed by atoms with Crippen LogP contribution >= 0.6 is 0 Å². The first-order valence-corrected chi connectivity index (χ1v) is 6.41. The zero-order valence-corrected chi connectivity index (χ0v) is 11.1. The van der Waals surface area contributed by atoms with Crippen LogP contribution in [-0.2, 0) is 0 Å². The van der Waals surface area contributed by atoms with E-state index < -0.39 is 0 Å². The third kappa shape index (κ3) is 2.28. The van der Waals surface area contributed by atoms with Crippen LogP contribution < -0.4 is 10.6 Å². The molecule has 0 unspecified atom stereocenters. The van der Waals surface area contributed by atoms with Gasteiger partial charge in [0, 0.05) is 5.39 Å². The number of hydrogen-bond donors (Lipinski definition) is 4. The number of nitrogens with one attached hydrogen (secondary N) is 4. The SMILES string of the molecule is c1ccc2c(Nc3nc[nH]n3)nc(Nc3nc[nH]n3)nc2c1. The van der Waals surface area contributed by atoms with Crippen molar-refractivity contribution in [1.29, 1.82) is 0 Å². The van der Waals surface area contributed by atoms with E-state index in [0.717, 1.165) is 10.9 Å². The fourth-order valence-electron chi connectivity index (χ4n) is 1.97. The van der Waals surface area contributed by atoms with Crippen molar-refractivity contribution in [3.63, 3.8) is 0 Å². The summed E-state index contributed by atoms with van der Waals surface area (Å²) in [5.41, 5.74) is 0.772. The second-order valence-electron chi connectivity index (χ2n) is 4.31. The van der Waals surface area contributed by atoms with Crippen molar-refractivity contribution < 1.29 is 0 Å². The topological polar surface area (TPSA) is 133 Å². The largest absolute Gasteiger partial charge is 0.307 e. The molecule has 0 atom stereocenters. The molecule has 3 heterocycles. The van der Waals surface area contributed by atoms with Crippen molar-refractivity contribution in [2.75, 3.05) is 10.6 Å². The summed E-state index contributed by atoms with van der Waals surface area (Å²) in [5.74, 6) is 1.77. The predicted molar refractivity (Wildman–Crippen MR) is 78.9 cm³/mol. The van der Waals surface area contributed by atoms with Gasteiger partial charge in [-0.3, -0.25) is 15.5 Å². The molecule has 0 fully saturated rings. The molecule has 0 spiro atoms. The standard InChI is InChI=1S/C12H10N10/c1-2-4-8-7(3-1)9(18-10-13-5-15-21-10)19-12(17-8)20-11-14-6-16-22-11/h1-6H,(H4,13,14,15,16,17,18,19,20,21,22). The van der Waals surface area contributed by atoms with Gasteiger partial charge in [0.2, 0.25) is 17.8 Å². The number of rotatable bonds is 4. The molecule has 4 aromatic rings. The van der Waals surface area contributed by atoms with E-state index in [1.54, 1.807) is 0 Å². The van der Waals surface area contributed by atoms with Crippen LogP contribution in [0.15, 0.2) is 36.9 Å². The summed E-state index contributed by atoms with van der Waals surface area (Å²) in [5, 5.41) is 20.0. The van der Waals surface area contributed by atoms with Crippen LogP contribution in [0.3, 0.4) is 0 Å². The average molecular weight is 294 g/mol. The highest BCUT2D eigenvalue weighted by Crippen LogP contribution is 2.24. The molecule has 10 heteroatoms. The summed E-state index contributed by atoms with van der Waals surface area (Å²) in [4.78, 5) is 16.9. The molecule has 22 heavy (non-hydrogen) atoms. The fraction of sp³-hybridized carbons (Fsp3) is 0. The van der Waals surface area contributed by atoms with Gasteiger partial charge in [0.05, 0.1) is 5.52 Å². The number of anilines is 4. The zero-order chi connectivity index (χ0) is 14.8. The lowest BCUT2D eigenvalue weighted by atomic mass is 10.2. The minimum atomic E-state index is 0.372. The minimum absolute atomic E-state index is 0.372. The van der Waals surface area contributed by atoms with Crippen LogP contribution in [0.1, 0.15) is 0 Å². The van der Waals surface area contributed by atoms with Gasteiger partial charge < -0.3 is 5.32 Å². The van der Waals surface area contributed by atoms with Crippen molar-refractivity contribution in [3.8, 4) is 0 Å². The van der Waals surface area contributed by atoms with Crippen LogP contribution in [0.2, 0.25) is 0 Å². The Bertz CT molecular complexity index is 884. The molecule has 108 valence electrons. The van der Waals surface area contributed by atoms with Crippen LogP contribution in [-0.4, -0.2) is 40.3 Å². The monoisotopic (exact) mass is 294 g/mol. The Morgan fingerprint density at radius 3 is 2.23 bits per heavy atom. The molecule has 0 radical (unpaired) electrons. The summed E-state index contributed by atoms with van der Waals surface area (Å²) in [6, 6.07) is 7.63. The van der Waals surface area contributed by atoms with E-state index in [1.165, 1.54) is 12.7 Å². The number of H-pyrrole nitrogens is 2. The second kappa shape index (κ2) is 5.09. The Labute approximate surface area is 123 Å². The van der Waals surface area contributed by atoms with E-state index in [0.29, 0.717) is 23.7 Å². The number of benzene rings is 1.